The SMILES string of the molecule is Cn1cc(S(=O)(=O)NCC(=O)N2CCC(N)C(C)(C)C2)cn1. The number of carbonyl (C=O) groups excluding carboxylic acids is 1. The summed E-state index contributed by atoms with van der Waals surface area (Å²) >= 11 is 0. The van der Waals surface area contributed by atoms with Crippen molar-refractivity contribution in [1.29, 1.82) is 0 Å². The van der Waals surface area contributed by atoms with Gasteiger partial charge in [-0.25, -0.2) is 13.1 Å². The molecule has 1 aromatic rings. The van der Waals surface area contributed by atoms with Crippen molar-refractivity contribution in [1.82, 2.24) is 19.4 Å². The number of piperidine rings is 1. The largest absolute Gasteiger partial charge is 0.341 e. The van der Waals surface area contributed by atoms with Gasteiger partial charge in [0, 0.05) is 32.4 Å². The Kier molecular flexibility index (Phi) is 4.59. The maximum atomic E-state index is 12.2. The summed E-state index contributed by atoms with van der Waals surface area (Å²) in [5.74, 6) is -0.243. The van der Waals surface area contributed by atoms with Gasteiger partial charge in [0.15, 0.2) is 0 Å². The molecule has 1 aromatic heterocycles. The van der Waals surface area contributed by atoms with Gasteiger partial charge >= 0.3 is 0 Å². The van der Waals surface area contributed by atoms with Gasteiger partial charge < -0.3 is 10.6 Å². The molecule has 2 rings (SSSR count). The summed E-state index contributed by atoms with van der Waals surface area (Å²) in [6.45, 7) is 4.84. The van der Waals surface area contributed by atoms with E-state index in [9.17, 15) is 13.2 Å². The minimum atomic E-state index is -3.72. The quantitative estimate of drug-likeness (QED) is 0.758. The first-order valence-electron chi connectivity index (χ1n) is 7.13. The second-order valence-corrected chi connectivity index (χ2v) is 8.14. The van der Waals surface area contributed by atoms with Crippen LogP contribution >= 0.6 is 0 Å². The first kappa shape index (κ1) is 16.9. The highest BCUT2D eigenvalue weighted by Crippen LogP contribution is 2.27. The van der Waals surface area contributed by atoms with E-state index < -0.39 is 10.0 Å². The van der Waals surface area contributed by atoms with Crippen LogP contribution in [0.3, 0.4) is 0 Å². The number of sulfonamides is 1. The molecule has 22 heavy (non-hydrogen) atoms. The zero-order valence-corrected chi connectivity index (χ0v) is 13.9. The topological polar surface area (TPSA) is 110 Å². The Balaban J connectivity index is 1.96. The number of rotatable bonds is 4. The van der Waals surface area contributed by atoms with Crippen molar-refractivity contribution in [2.24, 2.45) is 18.2 Å². The highest BCUT2D eigenvalue weighted by atomic mass is 32.2. The molecule has 2 heterocycles. The third-order valence-electron chi connectivity index (χ3n) is 4.07. The summed E-state index contributed by atoms with van der Waals surface area (Å²) in [5, 5.41) is 3.82. The highest BCUT2D eigenvalue weighted by molar-refractivity contribution is 7.89. The molecule has 1 amide bonds. The number of nitrogens with zero attached hydrogens (tertiary/aromatic N) is 3. The number of likely N-dealkylation sites (tertiary alicyclic amines) is 1. The van der Waals surface area contributed by atoms with Crippen LogP contribution in [0, 0.1) is 5.41 Å². The van der Waals surface area contributed by atoms with Gasteiger partial charge in [-0.3, -0.25) is 9.48 Å². The molecular weight excluding hydrogens is 306 g/mol. The molecule has 0 spiro atoms. The Morgan fingerprint density at radius 2 is 2.23 bits per heavy atom. The zero-order chi connectivity index (χ0) is 16.5. The number of aryl methyl sites for hydroxylation is 1. The third kappa shape index (κ3) is 3.65. The van der Waals surface area contributed by atoms with Crippen LogP contribution in [-0.2, 0) is 21.9 Å². The van der Waals surface area contributed by atoms with E-state index in [1.54, 1.807) is 11.9 Å². The lowest BCUT2D eigenvalue weighted by Gasteiger charge is -2.42. The second kappa shape index (κ2) is 5.98. The van der Waals surface area contributed by atoms with Gasteiger partial charge in [-0.2, -0.15) is 5.10 Å². The van der Waals surface area contributed by atoms with E-state index in [2.05, 4.69) is 9.82 Å². The Labute approximate surface area is 130 Å². The predicted molar refractivity (Wildman–Crippen MR) is 81.3 cm³/mol. The summed E-state index contributed by atoms with van der Waals surface area (Å²) in [6, 6.07) is 0.0450. The van der Waals surface area contributed by atoms with Crippen molar-refractivity contribution in [2.75, 3.05) is 19.6 Å². The molecule has 3 N–H and O–H groups in total. The Morgan fingerprint density at radius 1 is 1.55 bits per heavy atom. The maximum Gasteiger partial charge on any atom is 0.244 e. The fraction of sp³-hybridized carbons (Fsp3) is 0.692. The van der Waals surface area contributed by atoms with Crippen LogP contribution in [0.25, 0.3) is 0 Å². The van der Waals surface area contributed by atoms with Crippen molar-refractivity contribution in [3.8, 4) is 0 Å². The van der Waals surface area contributed by atoms with E-state index in [1.807, 2.05) is 13.8 Å². The predicted octanol–water partition coefficient (Wildman–Crippen LogP) is -0.716. The molecule has 0 aliphatic carbocycles. The van der Waals surface area contributed by atoms with E-state index in [-0.39, 0.29) is 28.8 Å². The first-order valence-corrected chi connectivity index (χ1v) is 8.62. The molecule has 1 fully saturated rings. The lowest BCUT2D eigenvalue weighted by Crippen LogP contribution is -2.55. The van der Waals surface area contributed by atoms with Crippen molar-refractivity contribution >= 4 is 15.9 Å². The summed E-state index contributed by atoms with van der Waals surface area (Å²) in [5.41, 5.74) is 5.87. The molecule has 1 unspecified atom stereocenters. The number of nitrogens with two attached hydrogens (primary N) is 1. The van der Waals surface area contributed by atoms with Crippen LogP contribution in [0.15, 0.2) is 17.3 Å². The van der Waals surface area contributed by atoms with Crippen LogP contribution in [0.2, 0.25) is 0 Å². The van der Waals surface area contributed by atoms with E-state index in [1.165, 1.54) is 17.1 Å². The number of nitrogens with one attached hydrogen (secondary N) is 1. The summed E-state index contributed by atoms with van der Waals surface area (Å²) < 4.78 is 27.8. The van der Waals surface area contributed by atoms with Crippen molar-refractivity contribution in [3.63, 3.8) is 0 Å². The molecule has 0 aromatic carbocycles. The molecule has 0 saturated carbocycles. The average molecular weight is 329 g/mol. The van der Waals surface area contributed by atoms with Crippen LogP contribution in [0.4, 0.5) is 0 Å². The average Bonchev–Trinajstić information content (AvgIpc) is 2.86. The van der Waals surface area contributed by atoms with Gasteiger partial charge in [0.25, 0.3) is 0 Å². The number of aromatic nitrogens is 2. The normalized spacial score (nSPS) is 21.8. The van der Waals surface area contributed by atoms with Crippen LogP contribution in [-0.4, -0.2) is 54.7 Å². The fourth-order valence-electron chi connectivity index (χ4n) is 2.48. The molecule has 0 radical (unpaired) electrons. The Bertz CT molecular complexity index is 652. The van der Waals surface area contributed by atoms with E-state index in [0.717, 1.165) is 0 Å². The van der Waals surface area contributed by atoms with E-state index in [4.69, 9.17) is 5.73 Å². The molecule has 9 heteroatoms. The molecule has 1 aliphatic rings. The molecule has 124 valence electrons. The van der Waals surface area contributed by atoms with Crippen LogP contribution in [0.1, 0.15) is 20.3 Å². The number of hydrogen-bond donors (Lipinski definition) is 2. The summed E-state index contributed by atoms with van der Waals surface area (Å²) in [6.07, 6.45) is 3.35. The van der Waals surface area contributed by atoms with Crippen molar-refractivity contribution < 1.29 is 13.2 Å². The van der Waals surface area contributed by atoms with Crippen LogP contribution < -0.4 is 10.5 Å². The molecule has 1 saturated heterocycles. The minimum Gasteiger partial charge on any atom is -0.341 e. The molecule has 8 nitrogen and oxygen atoms in total. The minimum absolute atomic E-state index is 0.0450. The number of hydrogen-bond acceptors (Lipinski definition) is 5. The molecule has 0 bridgehead atoms. The van der Waals surface area contributed by atoms with E-state index >= 15 is 0 Å². The van der Waals surface area contributed by atoms with Crippen molar-refractivity contribution in [3.05, 3.63) is 12.4 Å². The monoisotopic (exact) mass is 329 g/mol. The van der Waals surface area contributed by atoms with Gasteiger partial charge in [-0.1, -0.05) is 13.8 Å². The van der Waals surface area contributed by atoms with Gasteiger partial charge in [0.05, 0.1) is 12.7 Å². The van der Waals surface area contributed by atoms with Gasteiger partial charge in [-0.05, 0) is 11.8 Å². The fourth-order valence-corrected chi connectivity index (χ4v) is 3.43. The van der Waals surface area contributed by atoms with E-state index in [0.29, 0.717) is 19.5 Å². The van der Waals surface area contributed by atoms with Gasteiger partial charge in [0.2, 0.25) is 15.9 Å². The standard InChI is InChI=1S/C13H23N5O3S/c1-13(2)9-18(5-4-11(13)14)12(19)7-16-22(20,21)10-6-15-17(3)8-10/h6,8,11,16H,4-5,7,9,14H2,1-3H3. The number of amides is 1. The summed E-state index contributed by atoms with van der Waals surface area (Å²) in [7, 11) is -2.09. The zero-order valence-electron chi connectivity index (χ0n) is 13.1. The van der Waals surface area contributed by atoms with Crippen molar-refractivity contribution in [2.45, 2.75) is 31.2 Å². The Morgan fingerprint density at radius 3 is 2.77 bits per heavy atom. The smallest absolute Gasteiger partial charge is 0.244 e. The molecular formula is C13H23N5O3S. The number of carbonyl (C=O) groups is 1. The van der Waals surface area contributed by atoms with Gasteiger partial charge in [-0.15, -0.1) is 0 Å². The first-order chi connectivity index (χ1) is 10.1. The highest BCUT2D eigenvalue weighted by Gasteiger charge is 2.35. The molecule has 1 atom stereocenters. The molecule has 1 aliphatic heterocycles. The third-order valence-corrected chi connectivity index (χ3v) is 5.43. The lowest BCUT2D eigenvalue weighted by atomic mass is 9.80. The second-order valence-electron chi connectivity index (χ2n) is 6.37. The maximum absolute atomic E-state index is 12.2. The summed E-state index contributed by atoms with van der Waals surface area (Å²) in [4.78, 5) is 13.9. The Hall–Kier alpha value is -1.45. The van der Waals surface area contributed by atoms with Gasteiger partial charge in [0.1, 0.15) is 4.90 Å². The lowest BCUT2D eigenvalue weighted by molar-refractivity contribution is -0.133. The van der Waals surface area contributed by atoms with Crippen LogP contribution in [0.5, 0.6) is 0 Å².